The van der Waals surface area contributed by atoms with E-state index in [1.807, 2.05) is 12.1 Å². The molecule has 0 unspecified atom stereocenters. The van der Waals surface area contributed by atoms with Gasteiger partial charge in [0, 0.05) is 6.07 Å². The Morgan fingerprint density at radius 1 is 0.594 bits per heavy atom. The van der Waals surface area contributed by atoms with Crippen LogP contribution in [0.3, 0.4) is 0 Å². The molecule has 2 radical (unpaired) electrons. The fourth-order valence-electron chi connectivity index (χ4n) is 3.33. The van der Waals surface area contributed by atoms with Crippen molar-refractivity contribution in [2.75, 3.05) is 23.2 Å². The molecule has 0 saturated carbocycles. The zero-order chi connectivity index (χ0) is 23.6. The molecule has 10 heteroatoms. The Labute approximate surface area is 217 Å². The summed E-state index contributed by atoms with van der Waals surface area (Å²) in [4.78, 5) is 6.23. The number of ether oxygens (including phenoxy) is 2. The highest BCUT2D eigenvalue weighted by molar-refractivity contribution is 7.35. The Balaban J connectivity index is 2.77. The number of rotatable bonds is 20. The quantitative estimate of drug-likeness (QED) is 0.0950. The summed E-state index contributed by atoms with van der Waals surface area (Å²) in [6.45, 7) is 5.72. The highest BCUT2D eigenvalue weighted by Crippen LogP contribution is 2.38. The highest BCUT2D eigenvalue weighted by Gasteiger charge is 2.17. The molecule has 0 bridgehead atoms. The van der Waals surface area contributed by atoms with Gasteiger partial charge < -0.3 is 19.4 Å². The van der Waals surface area contributed by atoms with Crippen LogP contribution in [0.4, 0.5) is 11.4 Å². The molecule has 0 spiro atoms. The van der Waals surface area contributed by atoms with Gasteiger partial charge in [-0.1, -0.05) is 78.1 Å². The number of hydrogen-bond donors (Lipinski definition) is 2. The third-order valence-corrected chi connectivity index (χ3v) is 7.10. The molecule has 1 aromatic rings. The van der Waals surface area contributed by atoms with Crippen molar-refractivity contribution in [3.63, 3.8) is 0 Å². The van der Waals surface area contributed by atoms with Crippen LogP contribution in [-0.4, -0.2) is 28.4 Å². The summed E-state index contributed by atoms with van der Waals surface area (Å²) in [7, 11) is -3.51. The highest BCUT2D eigenvalue weighted by atomic mass is 35.7. The summed E-state index contributed by atoms with van der Waals surface area (Å²) < 4.78 is 12.2. The third kappa shape index (κ3) is 14.3. The fraction of sp³-hybridized carbons (Fsp3) is 0.727. The van der Waals surface area contributed by atoms with Gasteiger partial charge in [-0.05, 0) is 18.9 Å². The van der Waals surface area contributed by atoms with Gasteiger partial charge in [-0.2, -0.15) is 0 Å². The summed E-state index contributed by atoms with van der Waals surface area (Å²) in [6, 6.07) is 3.76. The Morgan fingerprint density at radius 2 is 0.969 bits per heavy atom. The largest absolute Gasteiger partial charge is 0.491 e. The lowest BCUT2D eigenvalue weighted by molar-refractivity contribution is 0.291. The van der Waals surface area contributed by atoms with Crippen molar-refractivity contribution < 1.29 is 9.47 Å². The van der Waals surface area contributed by atoms with Crippen LogP contribution in [0.2, 0.25) is 0 Å². The molecule has 4 nitrogen and oxygen atoms in total. The van der Waals surface area contributed by atoms with E-state index in [-0.39, 0.29) is 0 Å². The second-order valence-electron chi connectivity index (χ2n) is 7.85. The van der Waals surface area contributed by atoms with E-state index in [2.05, 4.69) is 23.8 Å². The molecule has 1 aromatic carbocycles. The standard InChI is InChI=1S/C22H38Cl4N2O2Si2/c1-3-5-7-9-11-13-15-29-21-18-22(30-16-14-12-10-8-6-4-2)20(28-32(25)26)17-19(21)27-31(23)24/h17-18,27-28H,3-16H2,1-2H3. The van der Waals surface area contributed by atoms with Crippen molar-refractivity contribution in [2.24, 2.45) is 0 Å². The first-order chi connectivity index (χ1) is 15.5. The van der Waals surface area contributed by atoms with Crippen LogP contribution in [0, 0.1) is 0 Å². The van der Waals surface area contributed by atoms with Crippen LogP contribution in [0.25, 0.3) is 0 Å². The van der Waals surface area contributed by atoms with Gasteiger partial charge in [0.1, 0.15) is 11.5 Å². The summed E-state index contributed by atoms with van der Waals surface area (Å²) in [6.07, 6.45) is 14.5. The van der Waals surface area contributed by atoms with Gasteiger partial charge in [0.05, 0.1) is 24.6 Å². The lowest BCUT2D eigenvalue weighted by Gasteiger charge is -2.19. The number of unbranched alkanes of at least 4 members (excludes halogenated alkanes) is 10. The molecule has 0 fully saturated rings. The smallest absolute Gasteiger partial charge is 0.392 e. The lowest BCUT2D eigenvalue weighted by atomic mass is 10.1. The van der Waals surface area contributed by atoms with Crippen molar-refractivity contribution >= 4 is 70.8 Å². The molecule has 184 valence electrons. The van der Waals surface area contributed by atoms with Gasteiger partial charge in [-0.15, -0.1) is 44.3 Å². The van der Waals surface area contributed by atoms with Gasteiger partial charge in [0.15, 0.2) is 0 Å². The van der Waals surface area contributed by atoms with Crippen LogP contribution in [0.1, 0.15) is 90.9 Å². The summed E-state index contributed by atoms with van der Waals surface area (Å²) in [5.41, 5.74) is 1.45. The summed E-state index contributed by atoms with van der Waals surface area (Å²) >= 11 is 24.3. The van der Waals surface area contributed by atoms with Gasteiger partial charge in [0.25, 0.3) is 0 Å². The fourth-order valence-corrected chi connectivity index (χ4v) is 5.35. The van der Waals surface area contributed by atoms with Crippen LogP contribution >= 0.6 is 44.3 Å². The minimum Gasteiger partial charge on any atom is -0.491 e. The van der Waals surface area contributed by atoms with E-state index in [0.29, 0.717) is 24.7 Å². The Kier molecular flexibility index (Phi) is 18.2. The molecular weight excluding hydrogens is 522 g/mol. The topological polar surface area (TPSA) is 42.5 Å². The van der Waals surface area contributed by atoms with Gasteiger partial charge in [-0.3, -0.25) is 0 Å². The Hall–Kier alpha value is 0.0138. The molecule has 0 saturated heterocycles. The van der Waals surface area contributed by atoms with Gasteiger partial charge >= 0.3 is 15.2 Å². The molecule has 32 heavy (non-hydrogen) atoms. The van der Waals surface area contributed by atoms with E-state index in [9.17, 15) is 0 Å². The first-order valence-corrected chi connectivity index (χ1v) is 18.9. The van der Waals surface area contributed by atoms with E-state index in [1.165, 1.54) is 51.4 Å². The van der Waals surface area contributed by atoms with E-state index < -0.39 is 15.2 Å². The Bertz CT molecular complexity index is 566. The van der Waals surface area contributed by atoms with Crippen LogP contribution in [-0.2, 0) is 0 Å². The van der Waals surface area contributed by atoms with Crippen molar-refractivity contribution in [3.05, 3.63) is 12.1 Å². The lowest BCUT2D eigenvalue weighted by Crippen LogP contribution is -2.15. The predicted molar refractivity (Wildman–Crippen MR) is 146 cm³/mol. The second kappa shape index (κ2) is 19.3. The number of anilines is 2. The minimum absolute atomic E-state index is 0.636. The molecule has 0 amide bonds. The minimum atomic E-state index is -1.75. The maximum Gasteiger partial charge on any atom is 0.392 e. The average Bonchev–Trinajstić information content (AvgIpc) is 2.73. The first-order valence-electron chi connectivity index (χ1n) is 11.8. The summed E-state index contributed by atoms with van der Waals surface area (Å²) in [5.74, 6) is 1.37. The van der Waals surface area contributed by atoms with E-state index in [1.54, 1.807) is 0 Å². The number of halogens is 4. The number of hydrogen-bond acceptors (Lipinski definition) is 4. The first kappa shape index (κ1) is 30.0. The Morgan fingerprint density at radius 3 is 1.34 bits per heavy atom. The normalized spacial score (nSPS) is 11.2. The zero-order valence-corrected chi connectivity index (χ0v) is 24.4. The van der Waals surface area contributed by atoms with Crippen molar-refractivity contribution in [3.8, 4) is 11.5 Å². The average molecular weight is 561 g/mol. The van der Waals surface area contributed by atoms with E-state index in [4.69, 9.17) is 53.8 Å². The molecule has 0 atom stereocenters. The van der Waals surface area contributed by atoms with E-state index >= 15 is 0 Å². The molecule has 0 aliphatic heterocycles. The molecule has 2 N–H and O–H groups in total. The predicted octanol–water partition coefficient (Wildman–Crippen LogP) is 8.91. The maximum absolute atomic E-state index is 6.09. The SMILES string of the molecule is CCCCCCCCOc1cc(OCCCCCCCC)c(N[Si](Cl)Cl)cc1N[Si](Cl)Cl. The zero-order valence-electron chi connectivity index (χ0n) is 19.4. The van der Waals surface area contributed by atoms with Crippen molar-refractivity contribution in [2.45, 2.75) is 90.9 Å². The van der Waals surface area contributed by atoms with Crippen molar-refractivity contribution in [1.82, 2.24) is 0 Å². The third-order valence-electron chi connectivity index (χ3n) is 5.05. The summed E-state index contributed by atoms with van der Waals surface area (Å²) in [5, 5.41) is 0. The number of nitrogens with one attached hydrogen (secondary N) is 2. The molecule has 0 heterocycles. The molecular formula is C22H38Cl4N2O2Si2. The monoisotopic (exact) mass is 558 g/mol. The van der Waals surface area contributed by atoms with Crippen LogP contribution in [0.15, 0.2) is 12.1 Å². The van der Waals surface area contributed by atoms with E-state index in [0.717, 1.165) is 37.1 Å². The molecule has 0 aliphatic carbocycles. The second-order valence-corrected chi connectivity index (χ2v) is 15.1. The van der Waals surface area contributed by atoms with Crippen molar-refractivity contribution in [1.29, 1.82) is 0 Å². The maximum atomic E-state index is 6.09. The molecule has 0 aromatic heterocycles. The van der Waals surface area contributed by atoms with Gasteiger partial charge in [0.2, 0.25) is 0 Å². The van der Waals surface area contributed by atoms with Crippen LogP contribution < -0.4 is 19.4 Å². The van der Waals surface area contributed by atoms with Crippen LogP contribution in [0.5, 0.6) is 11.5 Å². The van der Waals surface area contributed by atoms with Gasteiger partial charge in [-0.25, -0.2) is 0 Å². The molecule has 0 aliphatic rings. The molecule has 1 rings (SSSR count). The number of benzene rings is 1.